The van der Waals surface area contributed by atoms with Crippen LogP contribution in [-0.2, 0) is 0 Å². The van der Waals surface area contributed by atoms with E-state index in [1.165, 1.54) is 5.56 Å². The van der Waals surface area contributed by atoms with Gasteiger partial charge in [0.15, 0.2) is 0 Å². The van der Waals surface area contributed by atoms with Crippen molar-refractivity contribution in [1.29, 1.82) is 0 Å². The van der Waals surface area contributed by atoms with Gasteiger partial charge in [0.05, 0.1) is 12.0 Å². The highest BCUT2D eigenvalue weighted by Crippen LogP contribution is 2.33. The molecule has 4 nitrogen and oxygen atoms in total. The first-order valence-electron chi connectivity index (χ1n) is 7.43. The van der Waals surface area contributed by atoms with Gasteiger partial charge in [0.25, 0.3) is 0 Å². The van der Waals surface area contributed by atoms with Gasteiger partial charge in [0.2, 0.25) is 11.7 Å². The fourth-order valence-electron chi connectivity index (χ4n) is 2.87. The molecule has 3 rings (SSSR count). The Balaban J connectivity index is 1.88. The second-order valence-electron chi connectivity index (χ2n) is 5.75. The highest BCUT2D eigenvalue weighted by Gasteiger charge is 2.28. The van der Waals surface area contributed by atoms with Gasteiger partial charge >= 0.3 is 0 Å². The largest absolute Gasteiger partial charge is 0.392 e. The smallest absolute Gasteiger partial charge is 0.232 e. The van der Waals surface area contributed by atoms with Gasteiger partial charge < -0.3 is 9.63 Å². The Bertz CT molecular complexity index is 626. The molecule has 2 aromatic rings. The van der Waals surface area contributed by atoms with E-state index in [4.69, 9.17) is 4.52 Å². The Kier molecular flexibility index (Phi) is 4.40. The fraction of sp³-hybridized carbons (Fsp3) is 0.500. The van der Waals surface area contributed by atoms with Gasteiger partial charge in [-0.1, -0.05) is 46.4 Å². The second kappa shape index (κ2) is 6.28. The lowest BCUT2D eigenvalue weighted by atomic mass is 9.97. The van der Waals surface area contributed by atoms with Crippen LogP contribution in [0.25, 0.3) is 11.4 Å². The van der Waals surface area contributed by atoms with Crippen LogP contribution >= 0.6 is 15.9 Å². The zero-order valence-corrected chi connectivity index (χ0v) is 13.6. The molecule has 0 amide bonds. The zero-order valence-electron chi connectivity index (χ0n) is 12.1. The summed E-state index contributed by atoms with van der Waals surface area (Å²) in [6.45, 7) is 2.04. The lowest BCUT2D eigenvalue weighted by Gasteiger charge is -2.15. The van der Waals surface area contributed by atoms with Crippen LogP contribution in [0.3, 0.4) is 0 Å². The molecule has 0 radical (unpaired) electrons. The Morgan fingerprint density at radius 2 is 2.05 bits per heavy atom. The number of halogens is 1. The van der Waals surface area contributed by atoms with Crippen molar-refractivity contribution in [3.05, 3.63) is 34.1 Å². The summed E-state index contributed by atoms with van der Waals surface area (Å²) in [6, 6.07) is 6.04. The average Bonchev–Trinajstić information content (AvgIpc) is 2.82. The molecular weight excluding hydrogens is 332 g/mol. The molecule has 1 aliphatic carbocycles. The standard InChI is InChI=1S/C16H19BrN2O2/c1-10-7-8-11(13(17)9-10)15-18-16(21-19-15)12-5-3-2-4-6-14(12)20/h7-9,12,14,20H,2-6H2,1H3. The Morgan fingerprint density at radius 3 is 2.86 bits per heavy atom. The number of aliphatic hydroxyl groups excluding tert-OH is 1. The monoisotopic (exact) mass is 350 g/mol. The van der Waals surface area contributed by atoms with E-state index < -0.39 is 0 Å². The summed E-state index contributed by atoms with van der Waals surface area (Å²) < 4.78 is 6.38. The summed E-state index contributed by atoms with van der Waals surface area (Å²) in [7, 11) is 0. The van der Waals surface area contributed by atoms with Crippen LogP contribution in [0.15, 0.2) is 27.2 Å². The van der Waals surface area contributed by atoms with Gasteiger partial charge in [0, 0.05) is 10.0 Å². The van der Waals surface area contributed by atoms with Crippen molar-refractivity contribution in [1.82, 2.24) is 10.1 Å². The molecular formula is C16H19BrN2O2. The lowest BCUT2D eigenvalue weighted by Crippen LogP contribution is -2.17. The molecule has 1 heterocycles. The molecule has 2 unspecified atom stereocenters. The van der Waals surface area contributed by atoms with Crippen LogP contribution in [0.4, 0.5) is 0 Å². The van der Waals surface area contributed by atoms with E-state index in [0.29, 0.717) is 11.7 Å². The maximum absolute atomic E-state index is 10.2. The van der Waals surface area contributed by atoms with E-state index in [1.54, 1.807) is 0 Å². The Labute approximate surface area is 132 Å². The minimum atomic E-state index is -0.373. The highest BCUT2D eigenvalue weighted by molar-refractivity contribution is 9.10. The number of rotatable bonds is 2. The molecule has 1 aromatic heterocycles. The van der Waals surface area contributed by atoms with Gasteiger partial charge in [-0.25, -0.2) is 0 Å². The molecule has 0 saturated heterocycles. The molecule has 1 N–H and O–H groups in total. The first kappa shape index (κ1) is 14.7. The maximum Gasteiger partial charge on any atom is 0.232 e. The minimum Gasteiger partial charge on any atom is -0.392 e. The van der Waals surface area contributed by atoms with Crippen molar-refractivity contribution in [2.45, 2.75) is 51.0 Å². The van der Waals surface area contributed by atoms with Crippen molar-refractivity contribution in [3.63, 3.8) is 0 Å². The van der Waals surface area contributed by atoms with E-state index in [9.17, 15) is 5.11 Å². The van der Waals surface area contributed by atoms with Crippen LogP contribution in [0.2, 0.25) is 0 Å². The van der Waals surface area contributed by atoms with E-state index in [2.05, 4.69) is 26.1 Å². The summed E-state index contributed by atoms with van der Waals surface area (Å²) in [4.78, 5) is 4.52. The predicted molar refractivity (Wildman–Crippen MR) is 84.0 cm³/mol. The number of aromatic nitrogens is 2. The molecule has 0 aliphatic heterocycles. The number of nitrogens with zero attached hydrogens (tertiary/aromatic N) is 2. The molecule has 5 heteroatoms. The van der Waals surface area contributed by atoms with Gasteiger partial charge in [0.1, 0.15) is 0 Å². The summed E-state index contributed by atoms with van der Waals surface area (Å²) >= 11 is 3.54. The summed E-state index contributed by atoms with van der Waals surface area (Å²) in [6.07, 6.45) is 4.70. The van der Waals surface area contributed by atoms with Crippen molar-refractivity contribution in [2.24, 2.45) is 0 Å². The van der Waals surface area contributed by atoms with Crippen molar-refractivity contribution >= 4 is 15.9 Å². The first-order chi connectivity index (χ1) is 10.1. The van der Waals surface area contributed by atoms with Crippen molar-refractivity contribution in [3.8, 4) is 11.4 Å². The third-order valence-corrected chi connectivity index (χ3v) is 4.76. The Morgan fingerprint density at radius 1 is 1.24 bits per heavy atom. The molecule has 1 aliphatic rings. The number of aryl methyl sites for hydroxylation is 1. The van der Waals surface area contributed by atoms with E-state index in [-0.39, 0.29) is 12.0 Å². The molecule has 2 atom stereocenters. The number of hydrogen-bond acceptors (Lipinski definition) is 4. The van der Waals surface area contributed by atoms with Crippen molar-refractivity contribution < 1.29 is 9.63 Å². The number of hydrogen-bond donors (Lipinski definition) is 1. The van der Waals surface area contributed by atoms with E-state index >= 15 is 0 Å². The third kappa shape index (κ3) is 3.19. The van der Waals surface area contributed by atoms with Gasteiger partial charge in [-0.2, -0.15) is 4.98 Å². The number of aliphatic hydroxyl groups is 1. The van der Waals surface area contributed by atoms with Gasteiger partial charge in [-0.05, 0) is 37.5 Å². The van der Waals surface area contributed by atoms with Crippen LogP contribution in [-0.4, -0.2) is 21.4 Å². The second-order valence-corrected chi connectivity index (χ2v) is 6.61. The molecule has 1 saturated carbocycles. The Hall–Kier alpha value is -1.20. The normalized spacial score (nSPS) is 23.0. The summed E-state index contributed by atoms with van der Waals surface area (Å²) in [5.74, 6) is 1.11. The molecule has 0 bridgehead atoms. The molecule has 1 fully saturated rings. The summed E-state index contributed by atoms with van der Waals surface area (Å²) in [5.41, 5.74) is 2.09. The van der Waals surface area contributed by atoms with Crippen LogP contribution in [0.5, 0.6) is 0 Å². The minimum absolute atomic E-state index is 0.0297. The molecule has 112 valence electrons. The predicted octanol–water partition coefficient (Wildman–Crippen LogP) is 4.22. The van der Waals surface area contributed by atoms with Crippen LogP contribution in [0, 0.1) is 6.92 Å². The van der Waals surface area contributed by atoms with E-state index in [1.807, 2.05) is 25.1 Å². The SMILES string of the molecule is Cc1ccc(-c2noc(C3CCCCCC3O)n2)c(Br)c1. The fourth-order valence-corrected chi connectivity index (χ4v) is 3.54. The van der Waals surface area contributed by atoms with Crippen LogP contribution in [0.1, 0.15) is 49.5 Å². The third-order valence-electron chi connectivity index (χ3n) is 4.10. The summed E-state index contributed by atoms with van der Waals surface area (Å²) in [5, 5.41) is 14.3. The maximum atomic E-state index is 10.2. The molecule has 0 spiro atoms. The number of benzene rings is 1. The molecule has 21 heavy (non-hydrogen) atoms. The van der Waals surface area contributed by atoms with Gasteiger partial charge in [-0.3, -0.25) is 0 Å². The lowest BCUT2D eigenvalue weighted by molar-refractivity contribution is 0.119. The van der Waals surface area contributed by atoms with Crippen molar-refractivity contribution in [2.75, 3.05) is 0 Å². The topological polar surface area (TPSA) is 59.2 Å². The van der Waals surface area contributed by atoms with Crippen LogP contribution < -0.4 is 0 Å². The zero-order chi connectivity index (χ0) is 14.8. The molecule has 1 aromatic carbocycles. The first-order valence-corrected chi connectivity index (χ1v) is 8.22. The van der Waals surface area contributed by atoms with Gasteiger partial charge in [-0.15, -0.1) is 0 Å². The highest BCUT2D eigenvalue weighted by atomic mass is 79.9. The average molecular weight is 351 g/mol. The quantitative estimate of drug-likeness (QED) is 0.823. The van der Waals surface area contributed by atoms with E-state index in [0.717, 1.165) is 42.1 Å².